The SMILES string of the molecule is CC(CNS(=O)(=O)c1cncc(F)c1)/C(N)=N/O. The van der Waals surface area contributed by atoms with Gasteiger partial charge in [0.15, 0.2) is 0 Å². The molecule has 1 heterocycles. The third kappa shape index (κ3) is 3.64. The minimum absolute atomic E-state index is 0.0747. The number of aromatic nitrogens is 1. The van der Waals surface area contributed by atoms with Crippen molar-refractivity contribution < 1.29 is 18.0 Å². The summed E-state index contributed by atoms with van der Waals surface area (Å²) in [6.45, 7) is 1.50. The number of sulfonamides is 1. The summed E-state index contributed by atoms with van der Waals surface area (Å²) in [6.07, 6.45) is 1.93. The molecule has 1 aromatic rings. The fourth-order valence-corrected chi connectivity index (χ4v) is 2.16. The van der Waals surface area contributed by atoms with Crippen LogP contribution in [0, 0.1) is 11.7 Å². The number of oxime groups is 1. The Balaban J connectivity index is 2.78. The first-order valence-corrected chi connectivity index (χ1v) is 6.42. The van der Waals surface area contributed by atoms with Crippen LogP contribution >= 0.6 is 0 Å². The fourth-order valence-electron chi connectivity index (χ4n) is 1.06. The Kier molecular flexibility index (Phi) is 4.56. The second-order valence-electron chi connectivity index (χ2n) is 3.62. The summed E-state index contributed by atoms with van der Waals surface area (Å²) in [5.74, 6) is -1.34. The number of halogens is 1. The third-order valence-electron chi connectivity index (χ3n) is 2.19. The number of nitrogens with zero attached hydrogens (tertiary/aromatic N) is 2. The quantitative estimate of drug-likeness (QED) is 0.300. The number of amidine groups is 1. The van der Waals surface area contributed by atoms with Crippen molar-refractivity contribution in [3.8, 4) is 0 Å². The van der Waals surface area contributed by atoms with Gasteiger partial charge >= 0.3 is 0 Å². The molecule has 7 nitrogen and oxygen atoms in total. The third-order valence-corrected chi connectivity index (χ3v) is 3.58. The molecule has 100 valence electrons. The second kappa shape index (κ2) is 5.74. The molecule has 0 saturated heterocycles. The summed E-state index contributed by atoms with van der Waals surface area (Å²) >= 11 is 0. The maximum absolute atomic E-state index is 12.9. The van der Waals surface area contributed by atoms with E-state index in [0.717, 1.165) is 18.5 Å². The van der Waals surface area contributed by atoms with Gasteiger partial charge in [-0.25, -0.2) is 17.5 Å². The summed E-state index contributed by atoms with van der Waals surface area (Å²) < 4.78 is 38.5. The molecular formula is C9H13FN4O3S. The van der Waals surface area contributed by atoms with Crippen molar-refractivity contribution in [2.75, 3.05) is 6.54 Å². The van der Waals surface area contributed by atoms with Crippen LogP contribution in [0.5, 0.6) is 0 Å². The van der Waals surface area contributed by atoms with Crippen LogP contribution in [-0.4, -0.2) is 31.0 Å². The first-order chi connectivity index (χ1) is 8.36. The highest BCUT2D eigenvalue weighted by atomic mass is 32.2. The van der Waals surface area contributed by atoms with E-state index in [9.17, 15) is 12.8 Å². The zero-order valence-electron chi connectivity index (χ0n) is 9.54. The molecular weight excluding hydrogens is 263 g/mol. The summed E-state index contributed by atoms with van der Waals surface area (Å²) in [5.41, 5.74) is 5.30. The summed E-state index contributed by atoms with van der Waals surface area (Å²) in [4.78, 5) is 3.16. The number of nitrogens with one attached hydrogen (secondary N) is 1. The Hall–Kier alpha value is -1.74. The Morgan fingerprint density at radius 3 is 2.89 bits per heavy atom. The van der Waals surface area contributed by atoms with E-state index >= 15 is 0 Å². The van der Waals surface area contributed by atoms with E-state index in [2.05, 4.69) is 14.9 Å². The largest absolute Gasteiger partial charge is 0.409 e. The Morgan fingerprint density at radius 2 is 2.33 bits per heavy atom. The summed E-state index contributed by atoms with van der Waals surface area (Å²) in [5, 5.41) is 11.2. The number of hydrogen-bond donors (Lipinski definition) is 3. The maximum atomic E-state index is 12.9. The average molecular weight is 276 g/mol. The summed E-state index contributed by atoms with van der Waals surface area (Å²) in [7, 11) is -3.86. The molecule has 0 aliphatic carbocycles. The topological polar surface area (TPSA) is 118 Å². The molecule has 0 fully saturated rings. The second-order valence-corrected chi connectivity index (χ2v) is 5.38. The van der Waals surface area contributed by atoms with E-state index in [1.807, 2.05) is 0 Å². The van der Waals surface area contributed by atoms with Crippen molar-refractivity contribution in [2.45, 2.75) is 11.8 Å². The first-order valence-electron chi connectivity index (χ1n) is 4.94. The molecule has 0 saturated carbocycles. The standard InChI is InChI=1S/C9H13FN4O3S/c1-6(9(11)14-15)3-13-18(16,17)8-2-7(10)4-12-5-8/h2,4-6,13,15H,3H2,1H3,(H2,11,14). The highest BCUT2D eigenvalue weighted by molar-refractivity contribution is 7.89. The molecule has 0 radical (unpaired) electrons. The van der Waals surface area contributed by atoms with Gasteiger partial charge in [-0.05, 0) is 6.07 Å². The van der Waals surface area contributed by atoms with Crippen LogP contribution in [0.3, 0.4) is 0 Å². The predicted molar refractivity (Wildman–Crippen MR) is 62.0 cm³/mol. The minimum atomic E-state index is -3.86. The number of rotatable bonds is 5. The lowest BCUT2D eigenvalue weighted by atomic mass is 10.2. The lowest BCUT2D eigenvalue weighted by Gasteiger charge is -2.11. The van der Waals surface area contributed by atoms with Crippen molar-refractivity contribution in [1.29, 1.82) is 0 Å². The van der Waals surface area contributed by atoms with Crippen LogP contribution in [-0.2, 0) is 10.0 Å². The van der Waals surface area contributed by atoms with Gasteiger partial charge in [-0.15, -0.1) is 0 Å². The molecule has 1 aromatic heterocycles. The van der Waals surface area contributed by atoms with Gasteiger partial charge in [0, 0.05) is 18.7 Å². The van der Waals surface area contributed by atoms with Crippen LogP contribution in [0.25, 0.3) is 0 Å². The van der Waals surface area contributed by atoms with E-state index in [1.165, 1.54) is 0 Å². The molecule has 0 aromatic carbocycles. The molecule has 0 spiro atoms. The first kappa shape index (κ1) is 14.3. The molecule has 1 atom stereocenters. The number of pyridine rings is 1. The Labute approximate surface area is 104 Å². The Bertz CT molecular complexity index is 546. The average Bonchev–Trinajstić information content (AvgIpc) is 2.35. The van der Waals surface area contributed by atoms with E-state index in [1.54, 1.807) is 6.92 Å². The highest BCUT2D eigenvalue weighted by Crippen LogP contribution is 2.08. The molecule has 18 heavy (non-hydrogen) atoms. The number of nitrogens with two attached hydrogens (primary N) is 1. The van der Waals surface area contributed by atoms with Gasteiger partial charge < -0.3 is 10.9 Å². The van der Waals surface area contributed by atoms with E-state index in [4.69, 9.17) is 10.9 Å². The molecule has 0 aliphatic rings. The van der Waals surface area contributed by atoms with Gasteiger partial charge in [-0.1, -0.05) is 12.1 Å². The Morgan fingerprint density at radius 1 is 1.67 bits per heavy atom. The monoisotopic (exact) mass is 276 g/mol. The van der Waals surface area contributed by atoms with Crippen LogP contribution in [0.15, 0.2) is 28.5 Å². The van der Waals surface area contributed by atoms with Crippen LogP contribution in [0.4, 0.5) is 4.39 Å². The van der Waals surface area contributed by atoms with Gasteiger partial charge in [0.05, 0.1) is 6.20 Å². The van der Waals surface area contributed by atoms with E-state index in [-0.39, 0.29) is 17.3 Å². The van der Waals surface area contributed by atoms with Gasteiger partial charge in [0.25, 0.3) is 0 Å². The molecule has 0 amide bonds. The molecule has 0 aliphatic heterocycles. The van der Waals surface area contributed by atoms with E-state index in [0.29, 0.717) is 0 Å². The van der Waals surface area contributed by atoms with Gasteiger partial charge in [-0.2, -0.15) is 0 Å². The van der Waals surface area contributed by atoms with Crippen LogP contribution < -0.4 is 10.5 Å². The van der Waals surface area contributed by atoms with Crippen LogP contribution in [0.2, 0.25) is 0 Å². The smallest absolute Gasteiger partial charge is 0.242 e. The molecule has 9 heteroatoms. The normalized spacial score (nSPS) is 14.4. The lowest BCUT2D eigenvalue weighted by molar-refractivity contribution is 0.314. The van der Waals surface area contributed by atoms with Crippen molar-refractivity contribution >= 4 is 15.9 Å². The van der Waals surface area contributed by atoms with Crippen molar-refractivity contribution in [3.63, 3.8) is 0 Å². The summed E-state index contributed by atoms with van der Waals surface area (Å²) in [6, 6.07) is 0.851. The molecule has 1 rings (SSSR count). The van der Waals surface area contributed by atoms with Gasteiger partial charge in [-0.3, -0.25) is 4.98 Å². The fraction of sp³-hybridized carbons (Fsp3) is 0.333. The predicted octanol–water partition coefficient (Wildman–Crippen LogP) is -0.119. The van der Waals surface area contributed by atoms with Crippen molar-refractivity contribution in [1.82, 2.24) is 9.71 Å². The zero-order chi connectivity index (χ0) is 13.8. The zero-order valence-corrected chi connectivity index (χ0v) is 10.4. The van der Waals surface area contributed by atoms with Crippen molar-refractivity contribution in [2.24, 2.45) is 16.8 Å². The lowest BCUT2D eigenvalue weighted by Crippen LogP contribution is -2.34. The molecule has 1 unspecified atom stereocenters. The number of hydrogen-bond acceptors (Lipinski definition) is 5. The molecule has 0 bridgehead atoms. The maximum Gasteiger partial charge on any atom is 0.242 e. The van der Waals surface area contributed by atoms with Crippen LogP contribution in [0.1, 0.15) is 6.92 Å². The van der Waals surface area contributed by atoms with Gasteiger partial charge in [0.2, 0.25) is 10.0 Å². The van der Waals surface area contributed by atoms with Gasteiger partial charge in [0.1, 0.15) is 16.5 Å². The molecule has 4 N–H and O–H groups in total. The minimum Gasteiger partial charge on any atom is -0.409 e. The van der Waals surface area contributed by atoms with E-state index < -0.39 is 21.8 Å². The highest BCUT2D eigenvalue weighted by Gasteiger charge is 2.17. The van der Waals surface area contributed by atoms with Crippen molar-refractivity contribution in [3.05, 3.63) is 24.3 Å².